The van der Waals surface area contributed by atoms with E-state index in [1.165, 1.54) is 41.3 Å². The van der Waals surface area contributed by atoms with Gasteiger partial charge in [-0.05, 0) is 54.8 Å². The molecule has 5 nitrogen and oxygen atoms in total. The van der Waals surface area contributed by atoms with Crippen molar-refractivity contribution in [2.45, 2.75) is 24.1 Å². The maximum Gasteiger partial charge on any atom is 0.573 e. The van der Waals surface area contributed by atoms with E-state index >= 15 is 0 Å². The highest BCUT2D eigenvalue weighted by atomic mass is 32.2. The van der Waals surface area contributed by atoms with Crippen molar-refractivity contribution in [1.82, 2.24) is 0 Å². The van der Waals surface area contributed by atoms with Crippen molar-refractivity contribution in [3.63, 3.8) is 0 Å². The van der Waals surface area contributed by atoms with E-state index in [2.05, 4.69) is 4.74 Å². The fourth-order valence-corrected chi connectivity index (χ4v) is 3.66. The van der Waals surface area contributed by atoms with Crippen LogP contribution in [0.15, 0.2) is 47.4 Å². The van der Waals surface area contributed by atoms with Gasteiger partial charge in [0, 0.05) is 24.1 Å². The third-order valence-electron chi connectivity index (χ3n) is 4.16. The second-order valence-electron chi connectivity index (χ2n) is 6.20. The molecule has 0 unspecified atom stereocenters. The Morgan fingerprint density at radius 2 is 1.89 bits per heavy atom. The Morgan fingerprint density at radius 3 is 2.56 bits per heavy atom. The quantitative estimate of drug-likeness (QED) is 0.792. The number of carbonyl (C=O) groups is 1. The average molecular weight is 399 g/mol. The Balaban J connectivity index is 1.93. The highest BCUT2D eigenvalue weighted by Crippen LogP contribution is 2.33. The number of benzene rings is 2. The number of ether oxygens (including phenoxy) is 1. The lowest BCUT2D eigenvalue weighted by Gasteiger charge is -2.30. The van der Waals surface area contributed by atoms with E-state index in [1.807, 2.05) is 0 Å². The third kappa shape index (κ3) is 4.41. The fourth-order valence-electron chi connectivity index (χ4n) is 3.00. The summed E-state index contributed by atoms with van der Waals surface area (Å²) in [5, 5.41) is 0. The van der Waals surface area contributed by atoms with Gasteiger partial charge in [0.1, 0.15) is 5.75 Å². The summed E-state index contributed by atoms with van der Waals surface area (Å²) in [4.78, 5) is 14.3. The molecule has 144 valence electrons. The van der Waals surface area contributed by atoms with Crippen molar-refractivity contribution < 1.29 is 31.1 Å². The van der Waals surface area contributed by atoms with E-state index in [-0.39, 0.29) is 16.2 Å². The summed E-state index contributed by atoms with van der Waals surface area (Å²) in [5.41, 5.74) is 1.25. The van der Waals surface area contributed by atoms with E-state index in [4.69, 9.17) is 0 Å². The Hall–Kier alpha value is -2.55. The van der Waals surface area contributed by atoms with Crippen molar-refractivity contribution >= 4 is 21.4 Å². The molecule has 0 atom stereocenters. The molecule has 0 aliphatic carbocycles. The van der Waals surface area contributed by atoms with Crippen molar-refractivity contribution in [1.29, 1.82) is 0 Å². The van der Waals surface area contributed by atoms with Gasteiger partial charge in [0.25, 0.3) is 5.91 Å². The maximum absolute atomic E-state index is 12.9. The van der Waals surface area contributed by atoms with Crippen LogP contribution in [0.4, 0.5) is 18.9 Å². The van der Waals surface area contributed by atoms with Crippen LogP contribution in [-0.4, -0.2) is 33.5 Å². The molecule has 9 heteroatoms. The van der Waals surface area contributed by atoms with Gasteiger partial charge >= 0.3 is 6.36 Å². The van der Waals surface area contributed by atoms with Crippen LogP contribution in [0.2, 0.25) is 0 Å². The molecule has 2 aromatic carbocycles. The van der Waals surface area contributed by atoms with Gasteiger partial charge in [0.2, 0.25) is 0 Å². The number of sulfone groups is 1. The lowest BCUT2D eigenvalue weighted by Crippen LogP contribution is -2.35. The van der Waals surface area contributed by atoms with Gasteiger partial charge in [-0.15, -0.1) is 13.2 Å². The third-order valence-corrected chi connectivity index (χ3v) is 5.27. The molecule has 0 saturated heterocycles. The predicted molar refractivity (Wildman–Crippen MR) is 92.7 cm³/mol. The van der Waals surface area contributed by atoms with Gasteiger partial charge in [-0.1, -0.05) is 6.07 Å². The average Bonchev–Trinajstić information content (AvgIpc) is 2.58. The number of rotatable bonds is 3. The van der Waals surface area contributed by atoms with E-state index in [0.29, 0.717) is 30.6 Å². The maximum atomic E-state index is 12.9. The second kappa shape index (κ2) is 6.88. The second-order valence-corrected chi connectivity index (χ2v) is 8.21. The minimum atomic E-state index is -4.79. The van der Waals surface area contributed by atoms with Gasteiger partial charge in [-0.2, -0.15) is 0 Å². The number of amides is 1. The highest BCUT2D eigenvalue weighted by molar-refractivity contribution is 7.90. The topological polar surface area (TPSA) is 63.7 Å². The Kier molecular flexibility index (Phi) is 4.90. The Bertz CT molecular complexity index is 986. The van der Waals surface area contributed by atoms with Gasteiger partial charge in [-0.3, -0.25) is 4.79 Å². The lowest BCUT2D eigenvalue weighted by atomic mass is 10.0. The zero-order chi connectivity index (χ0) is 19.8. The summed E-state index contributed by atoms with van der Waals surface area (Å²) in [6.07, 6.45) is -2.66. The number of hydrogen-bond acceptors (Lipinski definition) is 4. The molecule has 0 aromatic heterocycles. The minimum absolute atomic E-state index is 0.0273. The lowest BCUT2D eigenvalue weighted by molar-refractivity contribution is -0.274. The molecular weight excluding hydrogens is 383 g/mol. The number of carbonyl (C=O) groups excluding carboxylic acids is 1. The first-order valence-corrected chi connectivity index (χ1v) is 9.94. The van der Waals surface area contributed by atoms with Crippen LogP contribution in [0.3, 0.4) is 0 Å². The molecule has 0 bridgehead atoms. The summed E-state index contributed by atoms with van der Waals surface area (Å²) in [7, 11) is -3.47. The SMILES string of the molecule is CS(=O)(=O)c1cccc(C(=O)N2CCCc3cc(OC(F)(F)F)ccc32)c1. The van der Waals surface area contributed by atoms with E-state index in [0.717, 1.165) is 12.3 Å². The fraction of sp³-hybridized carbons (Fsp3) is 0.278. The van der Waals surface area contributed by atoms with Gasteiger partial charge in [0.05, 0.1) is 4.90 Å². The Labute approximate surface area is 154 Å². The molecule has 0 N–H and O–H groups in total. The van der Waals surface area contributed by atoms with Crippen molar-refractivity contribution in [2.24, 2.45) is 0 Å². The smallest absolute Gasteiger partial charge is 0.406 e. The molecule has 1 amide bonds. The van der Waals surface area contributed by atoms with Crippen LogP contribution in [-0.2, 0) is 16.3 Å². The zero-order valence-electron chi connectivity index (χ0n) is 14.3. The first-order chi connectivity index (χ1) is 12.5. The highest BCUT2D eigenvalue weighted by Gasteiger charge is 2.32. The monoisotopic (exact) mass is 399 g/mol. The summed E-state index contributed by atoms with van der Waals surface area (Å²) in [6.45, 7) is 0.383. The van der Waals surface area contributed by atoms with Crippen molar-refractivity contribution in [3.8, 4) is 5.75 Å². The molecule has 0 saturated carbocycles. The largest absolute Gasteiger partial charge is 0.573 e. The summed E-state index contributed by atoms with van der Waals surface area (Å²) in [5.74, 6) is -0.749. The molecule has 1 aliphatic heterocycles. The summed E-state index contributed by atoms with van der Waals surface area (Å²) in [6, 6.07) is 9.53. The molecule has 2 aromatic rings. The van der Waals surface area contributed by atoms with Gasteiger partial charge in [0.15, 0.2) is 9.84 Å². The zero-order valence-corrected chi connectivity index (χ0v) is 15.1. The summed E-state index contributed by atoms with van der Waals surface area (Å²) < 4.78 is 64.5. The molecule has 0 spiro atoms. The summed E-state index contributed by atoms with van der Waals surface area (Å²) >= 11 is 0. The number of anilines is 1. The Morgan fingerprint density at radius 1 is 1.15 bits per heavy atom. The molecule has 0 radical (unpaired) electrons. The van der Waals surface area contributed by atoms with E-state index in [9.17, 15) is 26.4 Å². The van der Waals surface area contributed by atoms with Crippen LogP contribution < -0.4 is 9.64 Å². The van der Waals surface area contributed by atoms with Crippen molar-refractivity contribution in [3.05, 3.63) is 53.6 Å². The number of aryl methyl sites for hydroxylation is 1. The van der Waals surface area contributed by atoms with Crippen LogP contribution in [0, 0.1) is 0 Å². The first kappa shape index (κ1) is 19.2. The molecule has 1 heterocycles. The molecule has 1 aliphatic rings. The van der Waals surface area contributed by atoms with Crippen LogP contribution in [0.5, 0.6) is 5.75 Å². The van der Waals surface area contributed by atoms with Crippen LogP contribution >= 0.6 is 0 Å². The van der Waals surface area contributed by atoms with Crippen molar-refractivity contribution in [2.75, 3.05) is 17.7 Å². The number of alkyl halides is 3. The standard InChI is InChI=1S/C18H16F3NO4S/c1-27(24,25)15-6-2-4-13(11-15)17(23)22-9-3-5-12-10-14(7-8-16(12)22)26-18(19,20)21/h2,4,6-8,10-11H,3,5,9H2,1H3. The number of fused-ring (bicyclic) bond motifs is 1. The normalized spacial score (nSPS) is 14.6. The minimum Gasteiger partial charge on any atom is -0.406 e. The number of hydrogen-bond donors (Lipinski definition) is 0. The predicted octanol–water partition coefficient (Wildman–Crippen LogP) is 3.58. The number of nitrogens with zero attached hydrogens (tertiary/aromatic N) is 1. The van der Waals surface area contributed by atoms with Gasteiger partial charge < -0.3 is 9.64 Å². The van der Waals surface area contributed by atoms with E-state index < -0.39 is 22.1 Å². The molecule has 0 fully saturated rings. The first-order valence-electron chi connectivity index (χ1n) is 8.05. The van der Waals surface area contributed by atoms with Crippen LogP contribution in [0.25, 0.3) is 0 Å². The molecular formula is C18H16F3NO4S. The molecule has 27 heavy (non-hydrogen) atoms. The van der Waals surface area contributed by atoms with Gasteiger partial charge in [-0.25, -0.2) is 8.42 Å². The van der Waals surface area contributed by atoms with E-state index in [1.54, 1.807) is 0 Å². The molecule has 3 rings (SSSR count). The number of halogens is 3. The van der Waals surface area contributed by atoms with Crippen LogP contribution in [0.1, 0.15) is 22.3 Å².